The molecule has 4 heterocycles. The van der Waals surface area contributed by atoms with Crippen molar-refractivity contribution in [1.82, 2.24) is 15.2 Å². The summed E-state index contributed by atoms with van der Waals surface area (Å²) in [6, 6.07) is 39.8. The topological polar surface area (TPSA) is 45.2 Å². The van der Waals surface area contributed by atoms with Crippen LogP contribution in [0.5, 0.6) is 0 Å². The molecule has 1 aromatic heterocycles. The summed E-state index contributed by atoms with van der Waals surface area (Å²) in [5.41, 5.74) is 2.83. The number of benzene rings is 4. The zero-order valence-corrected chi connectivity index (χ0v) is 25.1. The second-order valence-electron chi connectivity index (χ2n) is 11.6. The van der Waals surface area contributed by atoms with Gasteiger partial charge in [-0.1, -0.05) is 103 Å². The molecular formula is C38H36N3OP. The van der Waals surface area contributed by atoms with Crippen LogP contribution in [0.4, 0.5) is 0 Å². The minimum Gasteiger partial charge on any atom is -0.344 e. The quantitative estimate of drug-likeness (QED) is 0.171. The molecule has 5 aromatic rings. The summed E-state index contributed by atoms with van der Waals surface area (Å²) < 4.78 is 0. The van der Waals surface area contributed by atoms with Crippen molar-refractivity contribution in [2.75, 3.05) is 13.1 Å². The number of nitrogens with zero attached hydrogens (tertiary/aromatic N) is 2. The smallest absolute Gasteiger partial charge is 0.252 e. The number of carbonyl (C=O) groups is 1. The molecule has 3 fully saturated rings. The van der Waals surface area contributed by atoms with E-state index in [0.29, 0.717) is 11.8 Å². The molecule has 214 valence electrons. The number of pyridine rings is 1. The Labute approximate surface area is 255 Å². The van der Waals surface area contributed by atoms with Gasteiger partial charge < -0.3 is 5.32 Å². The second-order valence-corrected chi connectivity index (χ2v) is 13.8. The van der Waals surface area contributed by atoms with Crippen LogP contribution in [-0.2, 0) is 0 Å². The first-order valence-electron chi connectivity index (χ1n) is 15.2. The molecule has 3 saturated heterocycles. The normalized spacial score (nSPS) is 21.9. The summed E-state index contributed by atoms with van der Waals surface area (Å²) in [6.45, 7) is 6.19. The third kappa shape index (κ3) is 5.42. The number of hydrogen-bond donors (Lipinski definition) is 1. The van der Waals surface area contributed by atoms with E-state index in [2.05, 4.69) is 113 Å². The molecule has 0 aliphatic carbocycles. The van der Waals surface area contributed by atoms with Gasteiger partial charge in [0.2, 0.25) is 0 Å². The highest BCUT2D eigenvalue weighted by atomic mass is 31.1. The fraction of sp³-hybridized carbons (Fsp3) is 0.211. The number of piperidine rings is 3. The van der Waals surface area contributed by atoms with Crippen LogP contribution in [0.2, 0.25) is 0 Å². The van der Waals surface area contributed by atoms with E-state index in [1.165, 1.54) is 17.0 Å². The average molecular weight is 582 g/mol. The largest absolute Gasteiger partial charge is 0.344 e. The van der Waals surface area contributed by atoms with Crippen LogP contribution in [0.15, 0.2) is 134 Å². The molecule has 2 unspecified atom stereocenters. The minimum absolute atomic E-state index is 0.0243. The molecule has 3 aliphatic rings. The number of nitrogens with one attached hydrogen (secondary N) is 1. The summed E-state index contributed by atoms with van der Waals surface area (Å²) in [6.07, 6.45) is 6.25. The Morgan fingerprint density at radius 3 is 2.26 bits per heavy atom. The molecule has 4 aromatic carbocycles. The highest BCUT2D eigenvalue weighted by molar-refractivity contribution is 7.80. The predicted molar refractivity (Wildman–Crippen MR) is 179 cm³/mol. The predicted octanol–water partition coefficient (Wildman–Crippen LogP) is 6.36. The van der Waals surface area contributed by atoms with Gasteiger partial charge in [-0.25, -0.2) is 0 Å². The van der Waals surface area contributed by atoms with Gasteiger partial charge in [0, 0.05) is 29.7 Å². The van der Waals surface area contributed by atoms with Crippen LogP contribution in [0.1, 0.15) is 34.8 Å². The van der Waals surface area contributed by atoms with E-state index >= 15 is 0 Å². The highest BCUT2D eigenvalue weighted by Crippen LogP contribution is 2.42. The Hall–Kier alpha value is -4.11. The number of fused-ring (bicyclic) bond motifs is 4. The lowest BCUT2D eigenvalue weighted by atomic mass is 9.73. The van der Waals surface area contributed by atoms with Crippen LogP contribution >= 0.6 is 7.92 Å². The maximum absolute atomic E-state index is 14.6. The molecule has 3 aliphatic heterocycles. The number of rotatable bonds is 8. The van der Waals surface area contributed by atoms with Crippen molar-refractivity contribution in [2.45, 2.75) is 24.9 Å². The van der Waals surface area contributed by atoms with Crippen molar-refractivity contribution in [3.8, 4) is 0 Å². The number of hydrogen-bond acceptors (Lipinski definition) is 3. The Balaban J connectivity index is 1.30. The van der Waals surface area contributed by atoms with Crippen molar-refractivity contribution in [3.63, 3.8) is 0 Å². The van der Waals surface area contributed by atoms with Crippen LogP contribution < -0.4 is 21.2 Å². The summed E-state index contributed by atoms with van der Waals surface area (Å²) in [5, 5.41) is 8.23. The lowest BCUT2D eigenvalue weighted by Crippen LogP contribution is -2.57. The van der Waals surface area contributed by atoms with E-state index < -0.39 is 7.92 Å². The zero-order chi connectivity index (χ0) is 29.2. The molecule has 4 nitrogen and oxygen atoms in total. The fourth-order valence-corrected chi connectivity index (χ4v) is 9.60. The van der Waals surface area contributed by atoms with Gasteiger partial charge >= 0.3 is 0 Å². The maximum atomic E-state index is 14.6. The lowest BCUT2D eigenvalue weighted by Gasteiger charge is -2.51. The van der Waals surface area contributed by atoms with Gasteiger partial charge in [-0.05, 0) is 78.8 Å². The summed E-state index contributed by atoms with van der Waals surface area (Å²) in [4.78, 5) is 21.8. The molecule has 1 amide bonds. The van der Waals surface area contributed by atoms with E-state index in [1.807, 2.05) is 36.5 Å². The molecule has 0 spiro atoms. The van der Waals surface area contributed by atoms with Crippen molar-refractivity contribution < 1.29 is 4.79 Å². The number of amides is 1. The molecule has 0 saturated carbocycles. The molecule has 5 atom stereocenters. The van der Waals surface area contributed by atoms with E-state index in [1.54, 1.807) is 0 Å². The molecule has 1 N–H and O–H groups in total. The summed E-state index contributed by atoms with van der Waals surface area (Å²) in [5.74, 6) is 1.08. The third-order valence-corrected chi connectivity index (χ3v) is 11.8. The second kappa shape index (κ2) is 12.2. The first-order valence-corrected chi connectivity index (χ1v) is 16.6. The molecule has 2 bridgehead atoms. The SMILES string of the molecule is C=C[C@H]1CN2CCC1C[C@@H]2[C@H](NC(=O)c1ccccc1P(c1ccccc1)c1ccccc1)c1ccnc2ccccc12. The van der Waals surface area contributed by atoms with Gasteiger partial charge in [-0.15, -0.1) is 6.58 Å². The van der Waals surface area contributed by atoms with Crippen molar-refractivity contribution in [2.24, 2.45) is 11.8 Å². The minimum atomic E-state index is -0.927. The van der Waals surface area contributed by atoms with E-state index in [0.717, 1.165) is 46.8 Å². The Morgan fingerprint density at radius 1 is 0.884 bits per heavy atom. The number of carbonyl (C=O) groups excluding carboxylic acids is 1. The number of para-hydroxylation sites is 1. The Bertz CT molecular complexity index is 1700. The van der Waals surface area contributed by atoms with E-state index in [9.17, 15) is 4.79 Å². The third-order valence-electron chi connectivity index (χ3n) is 9.26. The maximum Gasteiger partial charge on any atom is 0.252 e. The first-order chi connectivity index (χ1) is 21.2. The standard InChI is InChI=1S/C38H36N3OP/c1-2-27-26-41-24-22-28(27)25-35(41)37(32-21-23-39-34-19-11-9-17-31(32)34)40-38(42)33-18-10-12-20-36(33)43(29-13-5-3-6-14-29)30-15-7-4-8-16-30/h2-21,23,27-28,35,37H,1,22,24-26H2,(H,40,42)/t27-,28?,35+,37+/m0/s1. The van der Waals surface area contributed by atoms with Crippen LogP contribution in [0.25, 0.3) is 10.9 Å². The fourth-order valence-electron chi connectivity index (χ4n) is 7.16. The van der Waals surface area contributed by atoms with Crippen LogP contribution in [0, 0.1) is 11.8 Å². The number of aromatic nitrogens is 1. The lowest BCUT2D eigenvalue weighted by molar-refractivity contribution is 0.00171. The summed E-state index contributed by atoms with van der Waals surface area (Å²) >= 11 is 0. The van der Waals surface area contributed by atoms with Gasteiger partial charge in [0.25, 0.3) is 5.91 Å². The van der Waals surface area contributed by atoms with Gasteiger partial charge in [-0.2, -0.15) is 0 Å². The van der Waals surface area contributed by atoms with E-state index in [4.69, 9.17) is 0 Å². The monoisotopic (exact) mass is 581 g/mol. The molecule has 43 heavy (non-hydrogen) atoms. The zero-order valence-electron chi connectivity index (χ0n) is 24.2. The van der Waals surface area contributed by atoms with Gasteiger partial charge in [0.1, 0.15) is 0 Å². The first kappa shape index (κ1) is 27.7. The van der Waals surface area contributed by atoms with E-state index in [-0.39, 0.29) is 18.0 Å². The molecule has 5 heteroatoms. The van der Waals surface area contributed by atoms with Gasteiger partial charge in [0.15, 0.2) is 0 Å². The van der Waals surface area contributed by atoms with Crippen LogP contribution in [0.3, 0.4) is 0 Å². The summed E-state index contributed by atoms with van der Waals surface area (Å²) in [7, 11) is -0.927. The Morgan fingerprint density at radius 2 is 1.56 bits per heavy atom. The molecular weight excluding hydrogens is 545 g/mol. The van der Waals surface area contributed by atoms with Crippen molar-refractivity contribution in [3.05, 3.63) is 145 Å². The molecule has 0 radical (unpaired) electrons. The Kier molecular flexibility index (Phi) is 7.89. The molecule has 8 rings (SSSR count). The van der Waals surface area contributed by atoms with Gasteiger partial charge in [0.05, 0.1) is 11.6 Å². The van der Waals surface area contributed by atoms with Crippen LogP contribution in [-0.4, -0.2) is 34.9 Å². The highest BCUT2D eigenvalue weighted by Gasteiger charge is 2.43. The van der Waals surface area contributed by atoms with Gasteiger partial charge in [-0.3, -0.25) is 14.7 Å². The van der Waals surface area contributed by atoms with Crippen molar-refractivity contribution >= 4 is 40.6 Å². The van der Waals surface area contributed by atoms with Crippen molar-refractivity contribution in [1.29, 1.82) is 0 Å². The average Bonchev–Trinajstić information content (AvgIpc) is 3.08.